The number of nitrogens with zero attached hydrogens (tertiary/aromatic N) is 1. The Hall–Kier alpha value is -1.97. The van der Waals surface area contributed by atoms with Crippen LogP contribution in [-0.4, -0.2) is 12.3 Å². The van der Waals surface area contributed by atoms with Gasteiger partial charge in [-0.3, -0.25) is 0 Å². The summed E-state index contributed by atoms with van der Waals surface area (Å²) in [7, 11) is 1.63. The van der Waals surface area contributed by atoms with Crippen molar-refractivity contribution in [1.82, 2.24) is 5.16 Å². The van der Waals surface area contributed by atoms with E-state index in [0.29, 0.717) is 6.61 Å². The Kier molecular flexibility index (Phi) is 1.68. The number of aromatic nitrogens is 1. The van der Waals surface area contributed by atoms with Gasteiger partial charge in [-0.25, -0.2) is 0 Å². The molecule has 0 radical (unpaired) electrons. The summed E-state index contributed by atoms with van der Waals surface area (Å²) in [5.74, 6) is 1.60. The molecule has 2 heterocycles. The molecule has 1 aromatic carbocycles. The lowest BCUT2D eigenvalue weighted by molar-refractivity contribution is 0.300. The van der Waals surface area contributed by atoms with E-state index >= 15 is 0 Å². The summed E-state index contributed by atoms with van der Waals surface area (Å²) < 4.78 is 15.6. The van der Waals surface area contributed by atoms with Crippen LogP contribution in [0.25, 0.3) is 11.3 Å². The van der Waals surface area contributed by atoms with Crippen LogP contribution in [0.3, 0.4) is 0 Å². The van der Waals surface area contributed by atoms with E-state index in [4.69, 9.17) is 14.0 Å². The number of fused-ring (bicyclic) bond motifs is 3. The first-order valence-corrected chi connectivity index (χ1v) is 4.63. The molecule has 3 rings (SSSR count). The van der Waals surface area contributed by atoms with Crippen LogP contribution in [0.2, 0.25) is 0 Å². The number of hydrogen-bond acceptors (Lipinski definition) is 4. The van der Waals surface area contributed by atoms with E-state index in [2.05, 4.69) is 5.16 Å². The Morgan fingerprint density at radius 1 is 1.40 bits per heavy atom. The fourth-order valence-corrected chi connectivity index (χ4v) is 1.68. The van der Waals surface area contributed by atoms with Crippen molar-refractivity contribution in [3.05, 3.63) is 30.0 Å². The van der Waals surface area contributed by atoms with E-state index in [-0.39, 0.29) is 0 Å². The molecule has 0 fully saturated rings. The highest BCUT2D eigenvalue weighted by Crippen LogP contribution is 2.38. The Morgan fingerprint density at radius 3 is 3.20 bits per heavy atom. The molecule has 0 saturated carbocycles. The van der Waals surface area contributed by atoms with Crippen molar-refractivity contribution in [1.29, 1.82) is 0 Å². The maximum atomic E-state index is 5.55. The number of benzene rings is 1. The highest BCUT2D eigenvalue weighted by atomic mass is 16.5. The van der Waals surface area contributed by atoms with Crippen LogP contribution in [0.5, 0.6) is 11.5 Å². The molecule has 1 aliphatic heterocycles. The fourth-order valence-electron chi connectivity index (χ4n) is 1.68. The molecule has 0 saturated heterocycles. The van der Waals surface area contributed by atoms with Crippen LogP contribution in [0, 0.1) is 0 Å². The first-order valence-electron chi connectivity index (χ1n) is 4.63. The van der Waals surface area contributed by atoms with Gasteiger partial charge in [0.2, 0.25) is 0 Å². The number of methoxy groups -OCH3 is 1. The van der Waals surface area contributed by atoms with Crippen molar-refractivity contribution in [3.63, 3.8) is 0 Å². The van der Waals surface area contributed by atoms with E-state index in [9.17, 15) is 0 Å². The van der Waals surface area contributed by atoms with Gasteiger partial charge in [-0.1, -0.05) is 5.16 Å². The predicted octanol–water partition coefficient (Wildman–Crippen LogP) is 2.24. The third kappa shape index (κ3) is 1.18. The molecule has 4 heteroatoms. The van der Waals surface area contributed by atoms with Crippen molar-refractivity contribution in [2.24, 2.45) is 0 Å². The molecular weight excluding hydrogens is 194 g/mol. The van der Waals surface area contributed by atoms with Gasteiger partial charge in [0, 0.05) is 5.56 Å². The second-order valence-electron chi connectivity index (χ2n) is 3.34. The first kappa shape index (κ1) is 8.35. The molecule has 0 unspecified atom stereocenters. The van der Waals surface area contributed by atoms with E-state index in [1.54, 1.807) is 13.4 Å². The molecule has 0 aliphatic carbocycles. The van der Waals surface area contributed by atoms with Crippen molar-refractivity contribution >= 4 is 0 Å². The summed E-state index contributed by atoms with van der Waals surface area (Å²) in [5, 5.41) is 3.96. The average Bonchev–Trinajstić information content (AvgIpc) is 2.76. The van der Waals surface area contributed by atoms with Gasteiger partial charge in [0.25, 0.3) is 0 Å². The van der Waals surface area contributed by atoms with E-state index < -0.39 is 0 Å². The molecule has 0 bridgehead atoms. The van der Waals surface area contributed by atoms with Gasteiger partial charge in [-0.15, -0.1) is 0 Å². The van der Waals surface area contributed by atoms with Gasteiger partial charge in [-0.2, -0.15) is 0 Å². The minimum atomic E-state index is 0.512. The van der Waals surface area contributed by atoms with Crippen LogP contribution in [0.4, 0.5) is 0 Å². The van der Waals surface area contributed by atoms with E-state index in [1.807, 2.05) is 18.2 Å². The van der Waals surface area contributed by atoms with Gasteiger partial charge < -0.3 is 14.0 Å². The molecule has 4 nitrogen and oxygen atoms in total. The third-order valence-electron chi connectivity index (χ3n) is 2.47. The molecule has 1 aromatic heterocycles. The molecule has 76 valence electrons. The third-order valence-corrected chi connectivity index (χ3v) is 2.47. The number of hydrogen-bond donors (Lipinski definition) is 0. The van der Waals surface area contributed by atoms with Crippen LogP contribution in [-0.2, 0) is 6.61 Å². The molecule has 0 N–H and O–H groups in total. The second-order valence-corrected chi connectivity index (χ2v) is 3.34. The molecule has 15 heavy (non-hydrogen) atoms. The summed E-state index contributed by atoms with van der Waals surface area (Å²) in [6, 6.07) is 5.64. The van der Waals surface area contributed by atoms with Crippen molar-refractivity contribution in [2.45, 2.75) is 6.61 Å². The largest absolute Gasteiger partial charge is 0.497 e. The van der Waals surface area contributed by atoms with E-state index in [1.165, 1.54) is 0 Å². The average molecular weight is 203 g/mol. The van der Waals surface area contributed by atoms with Crippen LogP contribution < -0.4 is 9.47 Å². The van der Waals surface area contributed by atoms with Gasteiger partial charge in [0.15, 0.2) is 0 Å². The standard InChI is InChI=1S/C11H9NO3/c1-13-8-2-3-10-9(4-8)11-7(5-14-10)6-15-12-11/h2-4,6H,5H2,1H3. The molecule has 2 aromatic rings. The summed E-state index contributed by atoms with van der Waals surface area (Å²) in [4.78, 5) is 0. The predicted molar refractivity (Wildman–Crippen MR) is 52.8 cm³/mol. The summed E-state index contributed by atoms with van der Waals surface area (Å²) >= 11 is 0. The maximum absolute atomic E-state index is 5.55. The lowest BCUT2D eigenvalue weighted by Crippen LogP contribution is -2.03. The van der Waals surface area contributed by atoms with Gasteiger partial charge in [0.05, 0.1) is 12.7 Å². The van der Waals surface area contributed by atoms with E-state index in [0.717, 1.165) is 28.3 Å². The number of rotatable bonds is 1. The smallest absolute Gasteiger partial charge is 0.131 e. The van der Waals surface area contributed by atoms with Gasteiger partial charge >= 0.3 is 0 Å². The number of ether oxygens (including phenoxy) is 2. The van der Waals surface area contributed by atoms with Crippen molar-refractivity contribution in [2.75, 3.05) is 7.11 Å². The first-order chi connectivity index (χ1) is 7.38. The fraction of sp³-hybridized carbons (Fsp3) is 0.182. The van der Waals surface area contributed by atoms with Crippen molar-refractivity contribution < 1.29 is 14.0 Å². The topological polar surface area (TPSA) is 44.5 Å². The molecule has 1 aliphatic rings. The molecule has 0 amide bonds. The Bertz CT molecular complexity index is 504. The SMILES string of the molecule is COc1ccc2c(c1)-c1nocc1CO2. The summed E-state index contributed by atoms with van der Waals surface area (Å²) in [6.07, 6.45) is 1.61. The zero-order valence-corrected chi connectivity index (χ0v) is 8.19. The zero-order valence-electron chi connectivity index (χ0n) is 8.19. The summed E-state index contributed by atoms with van der Waals surface area (Å²) in [5.41, 5.74) is 2.73. The highest BCUT2D eigenvalue weighted by Gasteiger charge is 2.21. The zero-order chi connectivity index (χ0) is 10.3. The van der Waals surface area contributed by atoms with Crippen LogP contribution >= 0.6 is 0 Å². The molecular formula is C11H9NO3. The maximum Gasteiger partial charge on any atom is 0.131 e. The normalized spacial score (nSPS) is 12.6. The second kappa shape index (κ2) is 3.02. The molecule has 0 atom stereocenters. The van der Waals surface area contributed by atoms with Crippen LogP contribution in [0.1, 0.15) is 5.56 Å². The lowest BCUT2D eigenvalue weighted by atomic mass is 10.0. The monoisotopic (exact) mass is 203 g/mol. The Labute approximate surface area is 86.4 Å². The Balaban J connectivity index is 2.21. The minimum Gasteiger partial charge on any atom is -0.497 e. The van der Waals surface area contributed by atoms with Crippen molar-refractivity contribution in [3.8, 4) is 22.8 Å². The quantitative estimate of drug-likeness (QED) is 0.713. The van der Waals surface area contributed by atoms with Crippen LogP contribution in [0.15, 0.2) is 29.0 Å². The minimum absolute atomic E-state index is 0.512. The van der Waals surface area contributed by atoms with Gasteiger partial charge in [-0.05, 0) is 18.2 Å². The summed E-state index contributed by atoms with van der Waals surface area (Å²) in [6.45, 7) is 0.512. The van der Waals surface area contributed by atoms with Gasteiger partial charge in [0.1, 0.15) is 30.1 Å². The molecule has 0 spiro atoms. The Morgan fingerprint density at radius 2 is 2.33 bits per heavy atom. The lowest BCUT2D eigenvalue weighted by Gasteiger charge is -2.16. The highest BCUT2D eigenvalue weighted by molar-refractivity contribution is 5.72.